The van der Waals surface area contributed by atoms with Crippen molar-refractivity contribution in [3.8, 4) is 0 Å². The lowest BCUT2D eigenvalue weighted by Gasteiger charge is -2.13. The van der Waals surface area contributed by atoms with Crippen LogP contribution in [0.25, 0.3) is 0 Å². The number of carbonyl (C=O) groups excluding carboxylic acids is 1. The Morgan fingerprint density at radius 1 is 1.27 bits per heavy atom. The Labute approximate surface area is 219 Å². The van der Waals surface area contributed by atoms with Crippen molar-refractivity contribution < 1.29 is 9.53 Å². The molecule has 0 saturated carbocycles. The van der Waals surface area contributed by atoms with Crippen molar-refractivity contribution in [1.29, 1.82) is 0 Å². The second kappa shape index (κ2) is 10.7. The summed E-state index contributed by atoms with van der Waals surface area (Å²) < 4.78 is 7.83. The molecule has 0 atom stereocenters. The highest BCUT2D eigenvalue weighted by molar-refractivity contribution is 9.10. The Kier molecular flexibility index (Phi) is 7.96. The van der Waals surface area contributed by atoms with E-state index in [4.69, 9.17) is 40.2 Å². The molecule has 2 N–H and O–H groups in total. The molecule has 1 aliphatic rings. The summed E-state index contributed by atoms with van der Waals surface area (Å²) in [6, 6.07) is 5.48. The number of nitrogens with zero attached hydrogens (tertiary/aromatic N) is 2. The Bertz CT molecular complexity index is 1210. The molecule has 11 heteroatoms. The van der Waals surface area contributed by atoms with E-state index in [1.54, 1.807) is 22.1 Å². The summed E-state index contributed by atoms with van der Waals surface area (Å²) in [5.41, 5.74) is 2.65. The number of esters is 1. The van der Waals surface area contributed by atoms with Crippen molar-refractivity contribution in [2.45, 2.75) is 39.2 Å². The van der Waals surface area contributed by atoms with Crippen LogP contribution in [0.4, 0.5) is 10.8 Å². The van der Waals surface area contributed by atoms with E-state index in [2.05, 4.69) is 31.7 Å². The zero-order chi connectivity index (χ0) is 23.5. The molecule has 0 bridgehead atoms. The fourth-order valence-corrected chi connectivity index (χ4v) is 5.98. The van der Waals surface area contributed by atoms with Gasteiger partial charge >= 0.3 is 5.97 Å². The van der Waals surface area contributed by atoms with Gasteiger partial charge in [0.05, 0.1) is 33.2 Å². The first kappa shape index (κ1) is 24.5. The number of benzene rings is 1. The summed E-state index contributed by atoms with van der Waals surface area (Å²) in [6.45, 7) is 2.65. The van der Waals surface area contributed by atoms with Gasteiger partial charge in [-0.3, -0.25) is 4.68 Å². The average Bonchev–Trinajstić information content (AvgIpc) is 3.30. The van der Waals surface area contributed by atoms with Crippen LogP contribution in [-0.2, 0) is 24.1 Å². The van der Waals surface area contributed by atoms with Gasteiger partial charge in [0.2, 0.25) is 0 Å². The summed E-state index contributed by atoms with van der Waals surface area (Å²) >= 11 is 22.7. The first-order valence-corrected chi connectivity index (χ1v) is 13.2. The molecule has 2 heterocycles. The first-order valence-electron chi connectivity index (χ1n) is 10.4. The number of halogens is 3. The SMILES string of the molecule is CCOC(=O)c1c(NC(=S)Nc2nn(Cc3ccc(Cl)c(Cl)c3)cc2Br)sc2c1CCCC2. The van der Waals surface area contributed by atoms with Gasteiger partial charge in [-0.2, -0.15) is 5.10 Å². The number of nitrogens with one attached hydrogen (secondary N) is 2. The normalized spacial score (nSPS) is 12.8. The number of anilines is 2. The second-order valence-corrected chi connectivity index (χ2v) is 10.7. The quantitative estimate of drug-likeness (QED) is 0.241. The summed E-state index contributed by atoms with van der Waals surface area (Å²) in [6.07, 6.45) is 5.90. The van der Waals surface area contributed by atoms with E-state index in [-0.39, 0.29) is 5.97 Å². The minimum atomic E-state index is -0.311. The molecule has 3 aromatic rings. The highest BCUT2D eigenvalue weighted by Gasteiger charge is 2.27. The number of thiocarbonyl (C=S) groups is 1. The molecule has 0 spiro atoms. The molecule has 2 aromatic heterocycles. The summed E-state index contributed by atoms with van der Waals surface area (Å²) in [7, 11) is 0. The second-order valence-electron chi connectivity index (χ2n) is 7.49. The maximum atomic E-state index is 12.7. The molecule has 4 rings (SSSR count). The molecular weight excluding hydrogens is 567 g/mol. The van der Waals surface area contributed by atoms with Crippen molar-refractivity contribution in [2.24, 2.45) is 0 Å². The van der Waals surface area contributed by atoms with E-state index in [0.717, 1.165) is 41.3 Å². The molecule has 33 heavy (non-hydrogen) atoms. The van der Waals surface area contributed by atoms with Gasteiger partial charge < -0.3 is 15.4 Å². The number of rotatable bonds is 6. The van der Waals surface area contributed by atoms with Crippen LogP contribution in [0.3, 0.4) is 0 Å². The number of carbonyl (C=O) groups is 1. The molecule has 1 aromatic carbocycles. The van der Waals surface area contributed by atoms with Crippen LogP contribution in [-0.4, -0.2) is 27.5 Å². The third kappa shape index (κ3) is 5.71. The summed E-state index contributed by atoms with van der Waals surface area (Å²) in [4.78, 5) is 13.9. The van der Waals surface area contributed by atoms with Crippen LogP contribution in [0.1, 0.15) is 46.1 Å². The lowest BCUT2D eigenvalue weighted by molar-refractivity contribution is 0.0526. The predicted octanol–water partition coefficient (Wildman–Crippen LogP) is 6.93. The molecule has 0 unspecified atom stereocenters. The minimum Gasteiger partial charge on any atom is -0.462 e. The third-order valence-corrected chi connectivity index (χ3v) is 7.89. The first-order chi connectivity index (χ1) is 15.9. The van der Waals surface area contributed by atoms with E-state index in [9.17, 15) is 4.79 Å². The number of hydrogen-bond donors (Lipinski definition) is 2. The zero-order valence-electron chi connectivity index (χ0n) is 17.7. The van der Waals surface area contributed by atoms with Crippen LogP contribution >= 0.6 is 62.7 Å². The number of aromatic nitrogens is 2. The highest BCUT2D eigenvalue weighted by Crippen LogP contribution is 2.38. The van der Waals surface area contributed by atoms with Gasteiger partial charge in [0.25, 0.3) is 0 Å². The van der Waals surface area contributed by atoms with E-state index < -0.39 is 0 Å². The number of thiophene rings is 1. The molecular formula is C22H21BrCl2N4O2S2. The van der Waals surface area contributed by atoms with Crippen molar-refractivity contribution in [2.75, 3.05) is 17.2 Å². The van der Waals surface area contributed by atoms with Gasteiger partial charge in [-0.15, -0.1) is 11.3 Å². The van der Waals surface area contributed by atoms with E-state index in [1.165, 1.54) is 4.88 Å². The number of ether oxygens (including phenoxy) is 1. The Hall–Kier alpha value is -1.65. The average molecular weight is 588 g/mol. The Morgan fingerprint density at radius 3 is 2.82 bits per heavy atom. The van der Waals surface area contributed by atoms with Gasteiger partial charge in [0.1, 0.15) is 5.00 Å². The molecule has 6 nitrogen and oxygen atoms in total. The van der Waals surface area contributed by atoms with Gasteiger partial charge in [-0.25, -0.2) is 4.79 Å². The monoisotopic (exact) mass is 586 g/mol. The topological polar surface area (TPSA) is 68.2 Å². The van der Waals surface area contributed by atoms with Gasteiger partial charge in [-0.05, 0) is 84.0 Å². The van der Waals surface area contributed by atoms with E-state index >= 15 is 0 Å². The van der Waals surface area contributed by atoms with Crippen molar-refractivity contribution in [3.63, 3.8) is 0 Å². The van der Waals surface area contributed by atoms with Crippen LogP contribution in [0.15, 0.2) is 28.9 Å². The van der Waals surface area contributed by atoms with Gasteiger partial charge in [-0.1, -0.05) is 29.3 Å². The van der Waals surface area contributed by atoms with E-state index in [0.29, 0.717) is 44.7 Å². The predicted molar refractivity (Wildman–Crippen MR) is 142 cm³/mol. The van der Waals surface area contributed by atoms with Gasteiger partial charge in [0, 0.05) is 11.1 Å². The minimum absolute atomic E-state index is 0.311. The molecule has 0 saturated heterocycles. The maximum absolute atomic E-state index is 12.7. The van der Waals surface area contributed by atoms with Crippen molar-refractivity contribution in [3.05, 3.63) is 60.5 Å². The highest BCUT2D eigenvalue weighted by atomic mass is 79.9. The summed E-state index contributed by atoms with van der Waals surface area (Å²) in [5.74, 6) is 0.251. The van der Waals surface area contributed by atoms with Gasteiger partial charge in [0.15, 0.2) is 10.9 Å². The molecule has 0 fully saturated rings. The number of aryl methyl sites for hydroxylation is 1. The number of hydrogen-bond acceptors (Lipinski definition) is 5. The lowest BCUT2D eigenvalue weighted by Crippen LogP contribution is -2.21. The third-order valence-electron chi connectivity index (χ3n) is 5.16. The maximum Gasteiger partial charge on any atom is 0.341 e. The van der Waals surface area contributed by atoms with Crippen LogP contribution in [0, 0.1) is 0 Å². The fraction of sp³-hybridized carbons (Fsp3) is 0.318. The van der Waals surface area contributed by atoms with Crippen LogP contribution in [0.2, 0.25) is 10.0 Å². The Morgan fingerprint density at radius 2 is 2.06 bits per heavy atom. The molecule has 0 aliphatic heterocycles. The Balaban J connectivity index is 1.49. The lowest BCUT2D eigenvalue weighted by atomic mass is 9.95. The molecule has 0 amide bonds. The standard InChI is InChI=1S/C22H21BrCl2N4O2S2/c1-2-31-21(30)18-13-5-3-4-6-17(13)33-20(18)27-22(32)26-19-14(23)11-29(28-19)10-12-7-8-15(24)16(25)9-12/h7-9,11H,2-6,10H2,1H3,(H2,26,27,28,32). The number of fused-ring (bicyclic) bond motifs is 1. The molecule has 0 radical (unpaired) electrons. The van der Waals surface area contributed by atoms with E-state index in [1.807, 2.05) is 25.3 Å². The van der Waals surface area contributed by atoms with Crippen LogP contribution < -0.4 is 10.6 Å². The van der Waals surface area contributed by atoms with Crippen molar-refractivity contribution in [1.82, 2.24) is 9.78 Å². The smallest absolute Gasteiger partial charge is 0.341 e. The largest absolute Gasteiger partial charge is 0.462 e. The fourth-order valence-electron chi connectivity index (χ4n) is 3.70. The summed E-state index contributed by atoms with van der Waals surface area (Å²) in [5, 5.41) is 12.9. The molecule has 174 valence electrons. The molecule has 1 aliphatic carbocycles. The van der Waals surface area contributed by atoms with Crippen molar-refractivity contribution >= 4 is 84.6 Å². The zero-order valence-corrected chi connectivity index (χ0v) is 22.4. The van der Waals surface area contributed by atoms with Crippen LogP contribution in [0.5, 0.6) is 0 Å².